The van der Waals surface area contributed by atoms with Crippen molar-refractivity contribution in [3.8, 4) is 0 Å². The summed E-state index contributed by atoms with van der Waals surface area (Å²) in [5.74, 6) is -1.41. The van der Waals surface area contributed by atoms with Gasteiger partial charge in [0, 0.05) is 11.6 Å². The zero-order valence-corrected chi connectivity index (χ0v) is 18.9. The van der Waals surface area contributed by atoms with Gasteiger partial charge in [-0.3, -0.25) is 19.6 Å². The first-order valence-corrected chi connectivity index (χ1v) is 10.9. The number of nitrogens with zero attached hydrogens (tertiary/aromatic N) is 2. The fourth-order valence-electron chi connectivity index (χ4n) is 3.36. The van der Waals surface area contributed by atoms with Crippen LogP contribution in [0.3, 0.4) is 0 Å². The van der Waals surface area contributed by atoms with Crippen LogP contribution in [0.5, 0.6) is 0 Å². The smallest absolute Gasteiger partial charge is 0.249 e. The van der Waals surface area contributed by atoms with Gasteiger partial charge in [-0.15, -0.1) is 11.3 Å². The van der Waals surface area contributed by atoms with Crippen molar-refractivity contribution < 1.29 is 19.6 Å². The van der Waals surface area contributed by atoms with Crippen molar-refractivity contribution in [3.05, 3.63) is 11.6 Å². The van der Waals surface area contributed by atoms with E-state index in [0.717, 1.165) is 0 Å². The lowest BCUT2D eigenvalue weighted by molar-refractivity contribution is -0.174. The number of rotatable bonds is 12. The van der Waals surface area contributed by atoms with Gasteiger partial charge in [0.1, 0.15) is 6.04 Å². The molecular weight excluding hydrogens is 392 g/mol. The van der Waals surface area contributed by atoms with Gasteiger partial charge in [0.15, 0.2) is 5.13 Å². The molecule has 1 rings (SSSR count). The predicted octanol–water partition coefficient (Wildman–Crippen LogP) is 3.15. The minimum atomic E-state index is -0.748. The zero-order valence-electron chi connectivity index (χ0n) is 18.1. The quantitative estimate of drug-likeness (QED) is 0.270. The van der Waals surface area contributed by atoms with Crippen LogP contribution in [0.1, 0.15) is 54.4 Å². The van der Waals surface area contributed by atoms with Crippen molar-refractivity contribution in [2.45, 2.75) is 66.5 Å². The van der Waals surface area contributed by atoms with Crippen LogP contribution in [0.2, 0.25) is 0 Å². The molecule has 1 heterocycles. The van der Waals surface area contributed by atoms with E-state index in [1.54, 1.807) is 11.6 Å². The van der Waals surface area contributed by atoms with Crippen LogP contribution in [0, 0.1) is 23.7 Å². The number of amides is 3. The van der Waals surface area contributed by atoms with Crippen LogP contribution in [0.15, 0.2) is 11.6 Å². The summed E-state index contributed by atoms with van der Waals surface area (Å²) in [4.78, 5) is 41.3. The molecule has 0 aliphatic rings. The predicted molar refractivity (Wildman–Crippen MR) is 113 cm³/mol. The van der Waals surface area contributed by atoms with Gasteiger partial charge in [-0.1, -0.05) is 48.0 Å². The monoisotopic (exact) mass is 426 g/mol. The molecule has 0 saturated carbocycles. The molecule has 29 heavy (non-hydrogen) atoms. The lowest BCUT2D eigenvalue weighted by Crippen LogP contribution is -2.54. The number of anilines is 1. The van der Waals surface area contributed by atoms with Crippen molar-refractivity contribution in [1.82, 2.24) is 15.4 Å². The fourth-order valence-corrected chi connectivity index (χ4v) is 3.90. The summed E-state index contributed by atoms with van der Waals surface area (Å²) in [6.45, 7) is 11.5. The first kappa shape index (κ1) is 25.0. The van der Waals surface area contributed by atoms with E-state index in [1.165, 1.54) is 11.3 Å². The van der Waals surface area contributed by atoms with Gasteiger partial charge < -0.3 is 10.6 Å². The second-order valence-corrected chi connectivity index (χ2v) is 9.05. The molecule has 4 atom stereocenters. The number of hydroxylamine groups is 2. The van der Waals surface area contributed by atoms with Gasteiger partial charge in [0.2, 0.25) is 18.2 Å². The van der Waals surface area contributed by atoms with Gasteiger partial charge in [-0.05, 0) is 24.2 Å². The summed E-state index contributed by atoms with van der Waals surface area (Å²) in [5.41, 5.74) is 0. The standard InChI is InChI=1S/C20H34N4O4S/c1-7-14(6)16(19(27)23-20-21-8-9-29-20)22-18(26)15(10-12(2)3)17(13(4)5)24(28)11-25/h8-9,11-17,28H,7,10H2,1-6H3,(H,22,26)(H,21,23,27)/t14-,15+,16-,17-/m0/s1. The number of hydrogen-bond donors (Lipinski definition) is 3. The molecule has 1 aromatic heterocycles. The van der Waals surface area contributed by atoms with Gasteiger partial charge in [0.05, 0.1) is 12.0 Å². The van der Waals surface area contributed by atoms with Gasteiger partial charge in [-0.25, -0.2) is 10.0 Å². The molecule has 0 spiro atoms. The third kappa shape index (κ3) is 7.40. The van der Waals surface area contributed by atoms with E-state index >= 15 is 0 Å². The number of hydrogen-bond acceptors (Lipinski definition) is 6. The fraction of sp³-hybridized carbons (Fsp3) is 0.700. The van der Waals surface area contributed by atoms with Gasteiger partial charge in [-0.2, -0.15) is 0 Å². The molecule has 8 nitrogen and oxygen atoms in total. The van der Waals surface area contributed by atoms with Crippen LogP contribution in [-0.2, 0) is 14.4 Å². The van der Waals surface area contributed by atoms with Crippen molar-refractivity contribution >= 4 is 34.7 Å². The summed E-state index contributed by atoms with van der Waals surface area (Å²) >= 11 is 1.30. The molecule has 0 bridgehead atoms. The Morgan fingerprint density at radius 3 is 2.34 bits per heavy atom. The highest BCUT2D eigenvalue weighted by Crippen LogP contribution is 2.25. The van der Waals surface area contributed by atoms with Crippen LogP contribution < -0.4 is 10.6 Å². The molecule has 0 unspecified atom stereocenters. The summed E-state index contributed by atoms with van der Waals surface area (Å²) < 4.78 is 0. The maximum absolute atomic E-state index is 13.2. The Bertz CT molecular complexity index is 651. The van der Waals surface area contributed by atoms with Crippen LogP contribution >= 0.6 is 11.3 Å². The number of nitrogens with one attached hydrogen (secondary N) is 2. The molecule has 0 radical (unpaired) electrons. The van der Waals surface area contributed by atoms with Crippen molar-refractivity contribution in [3.63, 3.8) is 0 Å². The highest BCUT2D eigenvalue weighted by Gasteiger charge is 2.37. The third-order valence-corrected chi connectivity index (χ3v) is 5.72. The minimum absolute atomic E-state index is 0.104. The van der Waals surface area contributed by atoms with E-state index in [4.69, 9.17) is 0 Å². The topological polar surface area (TPSA) is 112 Å². The molecule has 1 aromatic rings. The van der Waals surface area contributed by atoms with E-state index in [9.17, 15) is 19.6 Å². The first-order valence-electron chi connectivity index (χ1n) is 10.0. The molecule has 0 aliphatic carbocycles. The maximum Gasteiger partial charge on any atom is 0.249 e. The van der Waals surface area contributed by atoms with Crippen LogP contribution in [0.25, 0.3) is 0 Å². The molecule has 9 heteroatoms. The molecule has 0 fully saturated rings. The van der Waals surface area contributed by atoms with Gasteiger partial charge >= 0.3 is 0 Å². The molecule has 3 N–H and O–H groups in total. The van der Waals surface area contributed by atoms with E-state index in [1.807, 2.05) is 41.5 Å². The largest absolute Gasteiger partial charge is 0.344 e. The number of carbonyl (C=O) groups is 3. The summed E-state index contributed by atoms with van der Waals surface area (Å²) in [6.07, 6.45) is 3.09. The Kier molecular flexibility index (Phi) is 10.2. The average molecular weight is 427 g/mol. The SMILES string of the molecule is CC[C@H](C)[C@H](NC(=O)[C@H](CC(C)C)[C@H](C(C)C)N(O)C=O)C(=O)Nc1nccs1. The minimum Gasteiger partial charge on any atom is -0.344 e. The summed E-state index contributed by atoms with van der Waals surface area (Å²) in [5, 5.41) is 18.5. The molecule has 164 valence electrons. The Morgan fingerprint density at radius 1 is 1.24 bits per heavy atom. The van der Waals surface area contributed by atoms with E-state index in [-0.39, 0.29) is 29.6 Å². The van der Waals surface area contributed by atoms with Crippen molar-refractivity contribution in [2.24, 2.45) is 23.7 Å². The normalized spacial score (nSPS) is 15.5. The van der Waals surface area contributed by atoms with Crippen LogP contribution in [0.4, 0.5) is 5.13 Å². The Labute approximate surface area is 177 Å². The van der Waals surface area contributed by atoms with E-state index in [0.29, 0.717) is 29.4 Å². The van der Waals surface area contributed by atoms with Crippen LogP contribution in [-0.4, -0.2) is 45.6 Å². The van der Waals surface area contributed by atoms with E-state index < -0.39 is 18.0 Å². The maximum atomic E-state index is 13.2. The Balaban J connectivity index is 3.09. The lowest BCUT2D eigenvalue weighted by atomic mass is 9.83. The lowest BCUT2D eigenvalue weighted by Gasteiger charge is -2.35. The molecule has 0 aromatic carbocycles. The number of carbonyl (C=O) groups excluding carboxylic acids is 3. The molecule has 0 aliphatic heterocycles. The average Bonchev–Trinajstić information content (AvgIpc) is 3.16. The van der Waals surface area contributed by atoms with Crippen molar-refractivity contribution in [1.29, 1.82) is 0 Å². The Morgan fingerprint density at radius 2 is 1.90 bits per heavy atom. The Hall–Kier alpha value is -2.00. The molecular formula is C20H34N4O4S. The van der Waals surface area contributed by atoms with Crippen molar-refractivity contribution in [2.75, 3.05) is 5.32 Å². The second-order valence-electron chi connectivity index (χ2n) is 8.15. The highest BCUT2D eigenvalue weighted by atomic mass is 32.1. The molecule has 3 amide bonds. The first-order chi connectivity index (χ1) is 13.6. The third-order valence-electron chi connectivity index (χ3n) is 5.03. The van der Waals surface area contributed by atoms with E-state index in [2.05, 4.69) is 15.6 Å². The highest BCUT2D eigenvalue weighted by molar-refractivity contribution is 7.13. The number of aromatic nitrogens is 1. The van der Waals surface area contributed by atoms with Gasteiger partial charge in [0.25, 0.3) is 0 Å². The number of thiazole rings is 1. The zero-order chi connectivity index (χ0) is 22.1. The molecule has 0 saturated heterocycles. The summed E-state index contributed by atoms with van der Waals surface area (Å²) in [6, 6.07) is -1.43. The second kappa shape index (κ2) is 11.9. The summed E-state index contributed by atoms with van der Waals surface area (Å²) in [7, 11) is 0.